The number of carbonyl (C=O) groups is 1. The van der Waals surface area contributed by atoms with E-state index in [-0.39, 0.29) is 23.2 Å². The molecule has 0 aliphatic carbocycles. The number of nitrogens with one attached hydrogen (secondary N) is 1. The van der Waals surface area contributed by atoms with Crippen LogP contribution in [0, 0.1) is 0 Å². The Bertz CT molecular complexity index is 1100. The first-order valence-corrected chi connectivity index (χ1v) is 10.2. The maximum absolute atomic E-state index is 13.0. The summed E-state index contributed by atoms with van der Waals surface area (Å²) in [6, 6.07) is 15.1. The van der Waals surface area contributed by atoms with Gasteiger partial charge in [-0.05, 0) is 49.7 Å². The summed E-state index contributed by atoms with van der Waals surface area (Å²) in [4.78, 5) is 27.8. The van der Waals surface area contributed by atoms with E-state index < -0.39 is 0 Å². The van der Waals surface area contributed by atoms with Gasteiger partial charge in [0.25, 0.3) is 11.5 Å². The molecular formula is C23H26N4O3. The van der Waals surface area contributed by atoms with Gasteiger partial charge in [-0.1, -0.05) is 30.3 Å². The molecule has 3 aromatic rings. The van der Waals surface area contributed by atoms with Crippen LogP contribution < -0.4 is 15.6 Å². The Morgan fingerprint density at radius 2 is 1.77 bits per heavy atom. The number of likely N-dealkylation sites (tertiary alicyclic amines) is 1. The molecule has 0 spiro atoms. The number of carbonyl (C=O) groups excluding carboxylic acids is 1. The maximum atomic E-state index is 13.0. The molecule has 1 N–H and O–H groups in total. The van der Waals surface area contributed by atoms with Crippen molar-refractivity contribution in [3.05, 3.63) is 70.1 Å². The van der Waals surface area contributed by atoms with Gasteiger partial charge in [-0.2, -0.15) is 5.10 Å². The highest BCUT2D eigenvalue weighted by Crippen LogP contribution is 2.26. The fourth-order valence-corrected chi connectivity index (χ4v) is 4.08. The molecule has 0 bridgehead atoms. The molecule has 7 heteroatoms. The van der Waals surface area contributed by atoms with Crippen LogP contribution in [0.1, 0.15) is 34.9 Å². The molecule has 1 fully saturated rings. The van der Waals surface area contributed by atoms with Gasteiger partial charge >= 0.3 is 0 Å². The number of hydrogen-bond acceptors (Lipinski definition) is 5. The van der Waals surface area contributed by atoms with E-state index in [9.17, 15) is 9.59 Å². The smallest absolute Gasteiger partial charge is 0.274 e. The number of nitrogens with zero attached hydrogens (tertiary/aromatic N) is 3. The summed E-state index contributed by atoms with van der Waals surface area (Å²) >= 11 is 0. The van der Waals surface area contributed by atoms with E-state index in [0.29, 0.717) is 17.3 Å². The Morgan fingerprint density at radius 3 is 2.43 bits per heavy atom. The van der Waals surface area contributed by atoms with Gasteiger partial charge in [0.2, 0.25) is 0 Å². The molecule has 0 saturated carbocycles. The minimum Gasteiger partial charge on any atom is -0.497 e. The number of rotatable bonds is 6. The second-order valence-electron chi connectivity index (χ2n) is 7.57. The van der Waals surface area contributed by atoms with E-state index >= 15 is 0 Å². The lowest BCUT2D eigenvalue weighted by atomic mass is 10.0. The Balaban J connectivity index is 1.59. The van der Waals surface area contributed by atoms with E-state index in [4.69, 9.17) is 4.74 Å². The lowest BCUT2D eigenvalue weighted by Crippen LogP contribution is -2.37. The monoisotopic (exact) mass is 406 g/mol. The lowest BCUT2D eigenvalue weighted by Gasteiger charge is -2.28. The molecular weight excluding hydrogens is 380 g/mol. The van der Waals surface area contributed by atoms with Crippen LogP contribution in [0.25, 0.3) is 10.8 Å². The van der Waals surface area contributed by atoms with Gasteiger partial charge < -0.3 is 10.1 Å². The molecule has 2 heterocycles. The minimum atomic E-state index is -0.278. The molecule has 4 rings (SSSR count). The summed E-state index contributed by atoms with van der Waals surface area (Å²) in [6.45, 7) is 2.48. The highest BCUT2D eigenvalue weighted by molar-refractivity contribution is 6.04. The van der Waals surface area contributed by atoms with E-state index in [2.05, 4.69) is 15.3 Å². The largest absolute Gasteiger partial charge is 0.497 e. The average molecular weight is 406 g/mol. The van der Waals surface area contributed by atoms with Crippen molar-refractivity contribution in [1.29, 1.82) is 0 Å². The first-order chi connectivity index (χ1) is 14.6. The van der Waals surface area contributed by atoms with Gasteiger partial charge in [-0.3, -0.25) is 14.5 Å². The van der Waals surface area contributed by atoms with Gasteiger partial charge in [-0.25, -0.2) is 4.68 Å². The fraction of sp³-hybridized carbons (Fsp3) is 0.348. The van der Waals surface area contributed by atoms with E-state index in [1.54, 1.807) is 32.4 Å². The van der Waals surface area contributed by atoms with Crippen LogP contribution in [0.2, 0.25) is 0 Å². The molecule has 0 radical (unpaired) electrons. The van der Waals surface area contributed by atoms with Gasteiger partial charge in [0.05, 0.1) is 18.5 Å². The predicted octanol–water partition coefficient (Wildman–Crippen LogP) is 2.51. The van der Waals surface area contributed by atoms with E-state index in [1.807, 2.05) is 30.3 Å². The van der Waals surface area contributed by atoms with E-state index in [0.717, 1.165) is 37.2 Å². The van der Waals surface area contributed by atoms with Gasteiger partial charge in [0, 0.05) is 19.0 Å². The summed E-state index contributed by atoms with van der Waals surface area (Å²) in [5, 5.41) is 8.35. The quantitative estimate of drug-likeness (QED) is 0.681. The van der Waals surface area contributed by atoms with Crippen LogP contribution in [0.3, 0.4) is 0 Å². The molecule has 1 aliphatic rings. The average Bonchev–Trinajstić information content (AvgIpc) is 3.31. The molecule has 1 amide bonds. The Hall–Kier alpha value is -3.19. The van der Waals surface area contributed by atoms with Crippen molar-refractivity contribution in [3.63, 3.8) is 0 Å². The van der Waals surface area contributed by atoms with Crippen molar-refractivity contribution >= 4 is 16.7 Å². The minimum absolute atomic E-state index is 0.0705. The van der Waals surface area contributed by atoms with E-state index in [1.165, 1.54) is 4.68 Å². The summed E-state index contributed by atoms with van der Waals surface area (Å²) < 4.78 is 6.49. The maximum Gasteiger partial charge on any atom is 0.274 e. The Kier molecular flexibility index (Phi) is 5.81. The molecule has 1 aromatic heterocycles. The summed E-state index contributed by atoms with van der Waals surface area (Å²) in [5.41, 5.74) is 1.19. The Morgan fingerprint density at radius 1 is 1.10 bits per heavy atom. The Labute approximate surface area is 175 Å². The number of amides is 1. The SMILES string of the molecule is COc1ccc([C@@H](CNC(=O)c2nn(C)c(=O)c3ccccc23)N2CCCC2)cc1. The normalized spacial score (nSPS) is 15.3. The summed E-state index contributed by atoms with van der Waals surface area (Å²) in [7, 11) is 3.22. The number of aryl methyl sites for hydroxylation is 1. The zero-order chi connectivity index (χ0) is 21.1. The van der Waals surface area contributed by atoms with Crippen LogP contribution in [0.5, 0.6) is 5.75 Å². The first kappa shape index (κ1) is 20.1. The number of ether oxygens (including phenoxy) is 1. The predicted molar refractivity (Wildman–Crippen MR) is 116 cm³/mol. The van der Waals surface area contributed by atoms with Crippen LogP contribution in [0.15, 0.2) is 53.3 Å². The van der Waals surface area contributed by atoms with Crippen LogP contribution >= 0.6 is 0 Å². The standard InChI is InChI=1S/C23H26N4O3/c1-26-23(29)19-8-4-3-7-18(19)21(25-26)22(28)24-15-20(27-13-5-6-14-27)16-9-11-17(30-2)12-10-16/h3-4,7-12,20H,5-6,13-15H2,1-2H3,(H,24,28)/t20-/m1/s1. The van der Waals surface area contributed by atoms with Crippen molar-refractivity contribution in [2.45, 2.75) is 18.9 Å². The zero-order valence-electron chi connectivity index (χ0n) is 17.3. The lowest BCUT2D eigenvalue weighted by molar-refractivity contribution is 0.0932. The van der Waals surface area contributed by atoms with Crippen molar-refractivity contribution in [2.24, 2.45) is 7.05 Å². The highest BCUT2D eigenvalue weighted by atomic mass is 16.5. The fourth-order valence-electron chi connectivity index (χ4n) is 4.08. The van der Waals surface area contributed by atoms with Crippen molar-refractivity contribution in [2.75, 3.05) is 26.7 Å². The topological polar surface area (TPSA) is 76.5 Å². The van der Waals surface area contributed by atoms with Crippen LogP contribution in [-0.2, 0) is 7.05 Å². The van der Waals surface area contributed by atoms with Gasteiger partial charge in [0.15, 0.2) is 5.69 Å². The van der Waals surface area contributed by atoms with Gasteiger partial charge in [-0.15, -0.1) is 0 Å². The van der Waals surface area contributed by atoms with Crippen molar-refractivity contribution in [3.8, 4) is 5.75 Å². The zero-order valence-corrected chi connectivity index (χ0v) is 17.3. The molecule has 7 nitrogen and oxygen atoms in total. The molecule has 30 heavy (non-hydrogen) atoms. The highest BCUT2D eigenvalue weighted by Gasteiger charge is 2.25. The number of benzene rings is 2. The molecule has 156 valence electrons. The number of aromatic nitrogens is 2. The molecule has 1 aliphatic heterocycles. The number of methoxy groups -OCH3 is 1. The molecule has 0 unspecified atom stereocenters. The van der Waals surface area contributed by atoms with Crippen LogP contribution in [-0.4, -0.2) is 47.3 Å². The third-order valence-corrected chi connectivity index (χ3v) is 5.71. The molecule has 1 atom stereocenters. The number of fused-ring (bicyclic) bond motifs is 1. The summed E-state index contributed by atoms with van der Waals surface area (Å²) in [5.74, 6) is 0.531. The first-order valence-electron chi connectivity index (χ1n) is 10.2. The molecule has 1 saturated heterocycles. The van der Waals surface area contributed by atoms with Gasteiger partial charge in [0.1, 0.15) is 5.75 Å². The van der Waals surface area contributed by atoms with Crippen LogP contribution in [0.4, 0.5) is 0 Å². The third-order valence-electron chi connectivity index (χ3n) is 5.71. The van der Waals surface area contributed by atoms with Crippen molar-refractivity contribution in [1.82, 2.24) is 20.0 Å². The molecule has 2 aromatic carbocycles. The number of hydrogen-bond donors (Lipinski definition) is 1. The van der Waals surface area contributed by atoms with Crippen molar-refractivity contribution < 1.29 is 9.53 Å². The second-order valence-corrected chi connectivity index (χ2v) is 7.57. The second kappa shape index (κ2) is 8.67. The third kappa shape index (κ3) is 3.93. The summed E-state index contributed by atoms with van der Waals surface area (Å²) in [6.07, 6.45) is 2.32.